The minimum absolute atomic E-state index is 0.0294. The van der Waals surface area contributed by atoms with Gasteiger partial charge in [-0.15, -0.1) is 0 Å². The molecule has 0 N–H and O–H groups in total. The standard InChI is InChI=1S/C20H19ClN2O2/c21-15-6-7-17-18(12-15)20(25)23(19(17)24)16-8-10-22(11-9-16)13-14-4-2-1-3-5-14/h1-7,12,16H,8-11,13H2. The molecule has 1 saturated heterocycles. The number of likely N-dealkylation sites (tertiary alicyclic amines) is 1. The normalized spacial score (nSPS) is 18.7. The van der Waals surface area contributed by atoms with Gasteiger partial charge in [0.2, 0.25) is 0 Å². The molecule has 2 aromatic rings. The fourth-order valence-electron chi connectivity index (χ4n) is 3.74. The van der Waals surface area contributed by atoms with Crippen LogP contribution in [0.5, 0.6) is 0 Å². The zero-order chi connectivity index (χ0) is 17.4. The van der Waals surface area contributed by atoms with E-state index >= 15 is 0 Å². The number of piperidine rings is 1. The van der Waals surface area contributed by atoms with Crippen LogP contribution in [-0.2, 0) is 6.54 Å². The van der Waals surface area contributed by atoms with E-state index in [9.17, 15) is 9.59 Å². The number of fused-ring (bicyclic) bond motifs is 1. The molecule has 2 heterocycles. The number of benzene rings is 2. The molecule has 1 fully saturated rings. The Morgan fingerprint density at radius 1 is 0.920 bits per heavy atom. The summed E-state index contributed by atoms with van der Waals surface area (Å²) in [6.07, 6.45) is 1.62. The summed E-state index contributed by atoms with van der Waals surface area (Å²) in [5, 5.41) is 0.486. The van der Waals surface area contributed by atoms with Crippen LogP contribution in [0.25, 0.3) is 0 Å². The first kappa shape index (κ1) is 16.3. The van der Waals surface area contributed by atoms with Gasteiger partial charge in [0, 0.05) is 30.7 Å². The molecular formula is C20H19ClN2O2. The molecule has 2 amide bonds. The maximum Gasteiger partial charge on any atom is 0.261 e. The van der Waals surface area contributed by atoms with E-state index in [1.165, 1.54) is 10.5 Å². The number of halogens is 1. The summed E-state index contributed by atoms with van der Waals surface area (Å²) >= 11 is 5.98. The van der Waals surface area contributed by atoms with E-state index in [2.05, 4.69) is 17.0 Å². The van der Waals surface area contributed by atoms with Gasteiger partial charge in [-0.3, -0.25) is 19.4 Å². The van der Waals surface area contributed by atoms with E-state index in [1.807, 2.05) is 18.2 Å². The predicted octanol–water partition coefficient (Wildman–Crippen LogP) is 3.60. The Morgan fingerprint density at radius 2 is 1.60 bits per heavy atom. The number of carbonyl (C=O) groups is 2. The van der Waals surface area contributed by atoms with E-state index in [4.69, 9.17) is 11.6 Å². The highest BCUT2D eigenvalue weighted by Gasteiger charge is 2.40. The maximum atomic E-state index is 12.7. The monoisotopic (exact) mass is 354 g/mol. The Morgan fingerprint density at radius 3 is 2.32 bits per heavy atom. The van der Waals surface area contributed by atoms with Crippen molar-refractivity contribution in [1.82, 2.24) is 9.80 Å². The molecule has 0 spiro atoms. The second-order valence-corrected chi connectivity index (χ2v) is 7.10. The minimum atomic E-state index is -0.205. The third-order valence-electron chi connectivity index (χ3n) is 5.05. The third kappa shape index (κ3) is 3.08. The number of rotatable bonds is 3. The summed E-state index contributed by atoms with van der Waals surface area (Å²) < 4.78 is 0. The maximum absolute atomic E-state index is 12.7. The van der Waals surface area contributed by atoms with Crippen molar-refractivity contribution in [3.05, 3.63) is 70.2 Å². The highest BCUT2D eigenvalue weighted by Crippen LogP contribution is 2.30. The first-order valence-corrected chi connectivity index (χ1v) is 8.95. The number of nitrogens with zero attached hydrogens (tertiary/aromatic N) is 2. The van der Waals surface area contributed by atoms with Gasteiger partial charge in [0.15, 0.2) is 0 Å². The molecule has 25 heavy (non-hydrogen) atoms. The van der Waals surface area contributed by atoms with Crippen LogP contribution in [0.15, 0.2) is 48.5 Å². The van der Waals surface area contributed by atoms with Crippen LogP contribution in [0, 0.1) is 0 Å². The fourth-order valence-corrected chi connectivity index (χ4v) is 3.91. The van der Waals surface area contributed by atoms with E-state index < -0.39 is 0 Å². The average molecular weight is 355 g/mol. The Bertz CT molecular complexity index is 814. The second kappa shape index (κ2) is 6.62. The van der Waals surface area contributed by atoms with Crippen LogP contribution >= 0.6 is 11.6 Å². The summed E-state index contributed by atoms with van der Waals surface area (Å²) in [4.78, 5) is 29.1. The minimum Gasteiger partial charge on any atom is -0.299 e. The number of hydrogen-bond acceptors (Lipinski definition) is 3. The summed E-state index contributed by atoms with van der Waals surface area (Å²) in [5.74, 6) is -0.387. The Hall–Kier alpha value is -2.17. The lowest BCUT2D eigenvalue weighted by molar-refractivity contribution is 0.0498. The molecule has 2 aromatic carbocycles. The molecule has 0 radical (unpaired) electrons. The topological polar surface area (TPSA) is 40.6 Å². The number of carbonyl (C=O) groups excluding carboxylic acids is 2. The van der Waals surface area contributed by atoms with E-state index in [1.54, 1.807) is 18.2 Å². The Balaban J connectivity index is 1.43. The van der Waals surface area contributed by atoms with Crippen LogP contribution in [0.1, 0.15) is 39.1 Å². The molecule has 0 aliphatic carbocycles. The lowest BCUT2D eigenvalue weighted by Gasteiger charge is -2.35. The van der Waals surface area contributed by atoms with Gasteiger partial charge in [-0.05, 0) is 36.6 Å². The molecule has 4 nitrogen and oxygen atoms in total. The first-order chi connectivity index (χ1) is 12.1. The van der Waals surface area contributed by atoms with Crippen molar-refractivity contribution >= 4 is 23.4 Å². The van der Waals surface area contributed by atoms with Gasteiger partial charge in [0.25, 0.3) is 11.8 Å². The number of amides is 2. The van der Waals surface area contributed by atoms with Gasteiger partial charge in [0.05, 0.1) is 11.1 Å². The quantitative estimate of drug-likeness (QED) is 0.791. The molecule has 0 aromatic heterocycles. The van der Waals surface area contributed by atoms with E-state index in [0.29, 0.717) is 16.1 Å². The van der Waals surface area contributed by atoms with Crippen LogP contribution in [-0.4, -0.2) is 40.7 Å². The van der Waals surface area contributed by atoms with Gasteiger partial charge in [-0.25, -0.2) is 0 Å². The number of hydrogen-bond donors (Lipinski definition) is 0. The van der Waals surface area contributed by atoms with Crippen molar-refractivity contribution in [2.45, 2.75) is 25.4 Å². The molecule has 0 saturated carbocycles. The largest absolute Gasteiger partial charge is 0.299 e. The smallest absolute Gasteiger partial charge is 0.261 e. The second-order valence-electron chi connectivity index (χ2n) is 6.66. The summed E-state index contributed by atoms with van der Waals surface area (Å²) in [6, 6.07) is 15.3. The molecule has 4 rings (SSSR count). The SMILES string of the molecule is O=C1c2ccc(Cl)cc2C(=O)N1C1CCN(Cc2ccccc2)CC1. The van der Waals surface area contributed by atoms with Crippen molar-refractivity contribution in [1.29, 1.82) is 0 Å². The zero-order valence-electron chi connectivity index (χ0n) is 13.8. The Kier molecular flexibility index (Phi) is 4.32. The fraction of sp³-hybridized carbons (Fsp3) is 0.300. The first-order valence-electron chi connectivity index (χ1n) is 8.57. The Labute approximate surface area is 152 Å². The van der Waals surface area contributed by atoms with Gasteiger partial charge < -0.3 is 0 Å². The lowest BCUT2D eigenvalue weighted by atomic mass is 10.0. The molecular weight excluding hydrogens is 336 g/mol. The predicted molar refractivity (Wildman–Crippen MR) is 96.7 cm³/mol. The summed E-state index contributed by atoms with van der Waals surface area (Å²) in [7, 11) is 0. The average Bonchev–Trinajstić information content (AvgIpc) is 2.87. The third-order valence-corrected chi connectivity index (χ3v) is 5.29. The number of imide groups is 1. The van der Waals surface area contributed by atoms with Crippen molar-refractivity contribution in [3.63, 3.8) is 0 Å². The highest BCUT2D eigenvalue weighted by molar-refractivity contribution is 6.32. The van der Waals surface area contributed by atoms with Crippen molar-refractivity contribution in [2.24, 2.45) is 0 Å². The highest BCUT2D eigenvalue weighted by atomic mass is 35.5. The molecule has 0 unspecified atom stereocenters. The van der Waals surface area contributed by atoms with E-state index in [0.717, 1.165) is 32.5 Å². The van der Waals surface area contributed by atoms with E-state index in [-0.39, 0.29) is 17.9 Å². The van der Waals surface area contributed by atoms with Crippen molar-refractivity contribution in [2.75, 3.05) is 13.1 Å². The lowest BCUT2D eigenvalue weighted by Crippen LogP contribution is -2.47. The molecule has 2 aliphatic rings. The molecule has 0 bridgehead atoms. The summed E-state index contributed by atoms with van der Waals surface area (Å²) in [5.41, 5.74) is 2.20. The molecule has 5 heteroatoms. The molecule has 0 atom stereocenters. The van der Waals surface area contributed by atoms with Gasteiger partial charge in [-0.1, -0.05) is 41.9 Å². The van der Waals surface area contributed by atoms with Crippen LogP contribution in [0.4, 0.5) is 0 Å². The van der Waals surface area contributed by atoms with Gasteiger partial charge in [0.1, 0.15) is 0 Å². The molecule has 2 aliphatic heterocycles. The molecule has 128 valence electrons. The summed E-state index contributed by atoms with van der Waals surface area (Å²) in [6.45, 7) is 2.67. The van der Waals surface area contributed by atoms with Crippen LogP contribution in [0.3, 0.4) is 0 Å². The zero-order valence-corrected chi connectivity index (χ0v) is 14.6. The van der Waals surface area contributed by atoms with Crippen LogP contribution in [0.2, 0.25) is 5.02 Å². The van der Waals surface area contributed by atoms with Gasteiger partial charge >= 0.3 is 0 Å². The van der Waals surface area contributed by atoms with Crippen molar-refractivity contribution in [3.8, 4) is 0 Å². The van der Waals surface area contributed by atoms with Crippen LogP contribution < -0.4 is 0 Å². The van der Waals surface area contributed by atoms with Crippen molar-refractivity contribution < 1.29 is 9.59 Å². The van der Waals surface area contributed by atoms with Gasteiger partial charge in [-0.2, -0.15) is 0 Å².